The van der Waals surface area contributed by atoms with Crippen molar-refractivity contribution in [1.82, 2.24) is 4.90 Å². The molecule has 0 atom stereocenters. The van der Waals surface area contributed by atoms with Gasteiger partial charge in [0.05, 0.1) is 13.5 Å². The lowest BCUT2D eigenvalue weighted by Gasteiger charge is -2.36. The van der Waals surface area contributed by atoms with E-state index in [1.807, 2.05) is 59.5 Å². The van der Waals surface area contributed by atoms with E-state index in [4.69, 9.17) is 4.74 Å². The van der Waals surface area contributed by atoms with Crippen molar-refractivity contribution in [3.05, 3.63) is 95.8 Å². The SMILES string of the molecule is COc1ccc(C/C=C(/CC(=O)N2CCN(c3cccc(O)c3)CC2)c2ccccc2)cc1F. The number of carbonyl (C=O) groups is 1. The van der Waals surface area contributed by atoms with Crippen molar-refractivity contribution in [2.75, 3.05) is 38.2 Å². The molecule has 0 unspecified atom stereocenters. The lowest BCUT2D eigenvalue weighted by atomic mass is 9.99. The summed E-state index contributed by atoms with van der Waals surface area (Å²) in [6, 6.07) is 22.0. The van der Waals surface area contributed by atoms with Crippen molar-refractivity contribution < 1.29 is 19.0 Å². The molecule has 4 rings (SSSR count). The number of rotatable bonds is 7. The summed E-state index contributed by atoms with van der Waals surface area (Å²) in [7, 11) is 1.45. The number of methoxy groups -OCH3 is 1. The molecule has 0 spiro atoms. The zero-order chi connectivity index (χ0) is 23.9. The van der Waals surface area contributed by atoms with E-state index in [1.54, 1.807) is 18.2 Å². The molecule has 5 nitrogen and oxygen atoms in total. The average Bonchev–Trinajstić information content (AvgIpc) is 2.87. The monoisotopic (exact) mass is 460 g/mol. The smallest absolute Gasteiger partial charge is 0.227 e. The molecule has 1 N–H and O–H groups in total. The van der Waals surface area contributed by atoms with Gasteiger partial charge in [-0.2, -0.15) is 0 Å². The van der Waals surface area contributed by atoms with Crippen LogP contribution in [0.25, 0.3) is 5.57 Å². The molecule has 0 saturated carbocycles. The maximum absolute atomic E-state index is 14.1. The van der Waals surface area contributed by atoms with Crippen LogP contribution in [0.3, 0.4) is 0 Å². The summed E-state index contributed by atoms with van der Waals surface area (Å²) in [5, 5.41) is 9.74. The predicted octanol–water partition coefficient (Wildman–Crippen LogP) is 4.90. The first-order valence-corrected chi connectivity index (χ1v) is 11.4. The second kappa shape index (κ2) is 10.9. The molecule has 1 fully saturated rings. The second-order valence-corrected chi connectivity index (χ2v) is 8.33. The van der Waals surface area contributed by atoms with Gasteiger partial charge in [0.15, 0.2) is 11.6 Å². The number of carbonyl (C=O) groups excluding carboxylic acids is 1. The van der Waals surface area contributed by atoms with Crippen LogP contribution < -0.4 is 9.64 Å². The van der Waals surface area contributed by atoms with Crippen molar-refractivity contribution in [1.29, 1.82) is 0 Å². The molecule has 1 aliphatic heterocycles. The van der Waals surface area contributed by atoms with Gasteiger partial charge in [-0.3, -0.25) is 4.79 Å². The largest absolute Gasteiger partial charge is 0.508 e. The van der Waals surface area contributed by atoms with Gasteiger partial charge in [-0.25, -0.2) is 4.39 Å². The number of amides is 1. The topological polar surface area (TPSA) is 53.0 Å². The third-order valence-electron chi connectivity index (χ3n) is 6.11. The Bertz CT molecular complexity index is 1160. The van der Waals surface area contributed by atoms with Crippen LogP contribution in [0, 0.1) is 5.82 Å². The van der Waals surface area contributed by atoms with E-state index in [0.29, 0.717) is 32.6 Å². The van der Waals surface area contributed by atoms with Crippen molar-refractivity contribution in [2.24, 2.45) is 0 Å². The van der Waals surface area contributed by atoms with Gasteiger partial charge in [0, 0.05) is 37.9 Å². The number of hydrogen-bond acceptors (Lipinski definition) is 4. The van der Waals surface area contributed by atoms with Crippen LogP contribution in [0.4, 0.5) is 10.1 Å². The Morgan fingerprint density at radius 1 is 1.00 bits per heavy atom. The van der Waals surface area contributed by atoms with Crippen LogP contribution in [0.2, 0.25) is 0 Å². The highest BCUT2D eigenvalue weighted by atomic mass is 19.1. The van der Waals surface area contributed by atoms with Gasteiger partial charge in [0.2, 0.25) is 5.91 Å². The van der Waals surface area contributed by atoms with E-state index in [-0.39, 0.29) is 23.8 Å². The van der Waals surface area contributed by atoms with Gasteiger partial charge in [0.1, 0.15) is 5.75 Å². The molecule has 0 radical (unpaired) electrons. The summed E-state index contributed by atoms with van der Waals surface area (Å²) < 4.78 is 19.1. The number of piperazine rings is 1. The lowest BCUT2D eigenvalue weighted by Crippen LogP contribution is -2.48. The number of allylic oxidation sites excluding steroid dienone is 1. The number of anilines is 1. The van der Waals surface area contributed by atoms with Crippen molar-refractivity contribution in [3.8, 4) is 11.5 Å². The van der Waals surface area contributed by atoms with E-state index in [0.717, 1.165) is 22.4 Å². The first kappa shape index (κ1) is 23.4. The number of nitrogens with zero attached hydrogens (tertiary/aromatic N) is 2. The zero-order valence-corrected chi connectivity index (χ0v) is 19.3. The number of aromatic hydroxyl groups is 1. The molecule has 3 aromatic carbocycles. The average molecular weight is 461 g/mol. The third-order valence-corrected chi connectivity index (χ3v) is 6.11. The molecule has 1 saturated heterocycles. The highest BCUT2D eigenvalue weighted by Gasteiger charge is 2.22. The Morgan fingerprint density at radius 2 is 1.76 bits per heavy atom. The molecule has 1 heterocycles. The van der Waals surface area contributed by atoms with Gasteiger partial charge in [0.25, 0.3) is 0 Å². The van der Waals surface area contributed by atoms with Gasteiger partial charge in [-0.1, -0.05) is 48.5 Å². The molecule has 1 amide bonds. The van der Waals surface area contributed by atoms with Gasteiger partial charge in [-0.05, 0) is 47.4 Å². The quantitative estimate of drug-likeness (QED) is 0.545. The summed E-state index contributed by atoms with van der Waals surface area (Å²) in [5.41, 5.74) is 3.70. The molecule has 3 aromatic rings. The molecule has 0 aromatic heterocycles. The number of halogens is 1. The van der Waals surface area contributed by atoms with Crippen molar-refractivity contribution >= 4 is 17.2 Å². The fourth-order valence-corrected chi connectivity index (χ4v) is 4.20. The van der Waals surface area contributed by atoms with Crippen molar-refractivity contribution in [2.45, 2.75) is 12.8 Å². The summed E-state index contributed by atoms with van der Waals surface area (Å²) in [6.07, 6.45) is 2.82. The predicted molar refractivity (Wildman–Crippen MR) is 133 cm³/mol. The molecule has 6 heteroatoms. The van der Waals surface area contributed by atoms with Crippen molar-refractivity contribution in [3.63, 3.8) is 0 Å². The zero-order valence-electron chi connectivity index (χ0n) is 19.3. The Kier molecular flexibility index (Phi) is 7.48. The lowest BCUT2D eigenvalue weighted by molar-refractivity contribution is -0.130. The number of phenolic OH excluding ortho intramolecular Hbond substituents is 1. The summed E-state index contributed by atoms with van der Waals surface area (Å²) in [6.45, 7) is 2.68. The van der Waals surface area contributed by atoms with E-state index in [2.05, 4.69) is 4.90 Å². The highest BCUT2D eigenvalue weighted by molar-refractivity contribution is 5.89. The fraction of sp³-hybridized carbons (Fsp3) is 0.250. The molecule has 0 bridgehead atoms. The minimum absolute atomic E-state index is 0.0755. The van der Waals surface area contributed by atoms with Crippen LogP contribution in [0.15, 0.2) is 78.9 Å². The Labute approximate surface area is 199 Å². The molecule has 176 valence electrons. The summed E-state index contributed by atoms with van der Waals surface area (Å²) >= 11 is 0. The normalized spacial score (nSPS) is 14.2. The van der Waals surface area contributed by atoms with Crippen LogP contribution >= 0.6 is 0 Å². The summed E-state index contributed by atoms with van der Waals surface area (Å²) in [5.74, 6) is 0.142. The number of ether oxygens (including phenoxy) is 1. The molecule has 1 aliphatic rings. The van der Waals surface area contributed by atoms with Crippen LogP contribution in [0.5, 0.6) is 11.5 Å². The maximum Gasteiger partial charge on any atom is 0.227 e. The number of benzene rings is 3. The Hall–Kier alpha value is -3.80. The minimum atomic E-state index is -0.393. The molecule has 0 aliphatic carbocycles. The number of phenols is 1. The minimum Gasteiger partial charge on any atom is -0.508 e. The number of hydrogen-bond donors (Lipinski definition) is 1. The first-order chi connectivity index (χ1) is 16.5. The van der Waals surface area contributed by atoms with E-state index in [1.165, 1.54) is 13.2 Å². The summed E-state index contributed by atoms with van der Waals surface area (Å²) in [4.78, 5) is 17.2. The van der Waals surface area contributed by atoms with Gasteiger partial charge >= 0.3 is 0 Å². The maximum atomic E-state index is 14.1. The van der Waals surface area contributed by atoms with Crippen LogP contribution in [0.1, 0.15) is 17.5 Å². The third kappa shape index (κ3) is 5.76. The standard InChI is InChI=1S/C28H29FN2O3/c1-34-27-13-11-21(18-26(27)29)10-12-23(22-6-3-2-4-7-22)19-28(33)31-16-14-30(15-17-31)24-8-5-9-25(32)20-24/h2-9,11-13,18,20,32H,10,14-17,19H2,1H3/b23-12-. The van der Waals surface area contributed by atoms with Crippen LogP contribution in [-0.4, -0.2) is 49.2 Å². The molecular formula is C28H29FN2O3. The molecular weight excluding hydrogens is 431 g/mol. The van der Waals surface area contributed by atoms with E-state index >= 15 is 0 Å². The fourth-order valence-electron chi connectivity index (χ4n) is 4.20. The van der Waals surface area contributed by atoms with Gasteiger partial charge in [-0.15, -0.1) is 0 Å². The van der Waals surface area contributed by atoms with E-state index < -0.39 is 5.82 Å². The van der Waals surface area contributed by atoms with Crippen LogP contribution in [-0.2, 0) is 11.2 Å². The van der Waals surface area contributed by atoms with E-state index in [9.17, 15) is 14.3 Å². The second-order valence-electron chi connectivity index (χ2n) is 8.33. The Balaban J connectivity index is 1.44. The Morgan fingerprint density at radius 3 is 2.44 bits per heavy atom. The first-order valence-electron chi connectivity index (χ1n) is 11.4. The van der Waals surface area contributed by atoms with Gasteiger partial charge < -0.3 is 19.6 Å². The molecule has 34 heavy (non-hydrogen) atoms. The highest BCUT2D eigenvalue weighted by Crippen LogP contribution is 2.25.